The normalized spacial score (nSPS) is 11.7. The maximum Gasteiger partial charge on any atom is 0.0692 e. The summed E-state index contributed by atoms with van der Waals surface area (Å²) in [5.41, 5.74) is 2.47. The second kappa shape index (κ2) is 9.47. The van der Waals surface area contributed by atoms with Crippen LogP contribution >= 0.6 is 22.7 Å². The molecule has 0 spiro atoms. The lowest BCUT2D eigenvalue weighted by Gasteiger charge is -2.24. The Morgan fingerprint density at radius 2 is 0.967 bits per heavy atom. The predicted octanol–water partition coefficient (Wildman–Crippen LogP) is 3.59. The van der Waals surface area contributed by atoms with Crippen LogP contribution in [0.3, 0.4) is 0 Å². The monoisotopic (exact) mass is 442 g/mol. The molecule has 0 radical (unpaired) electrons. The highest BCUT2D eigenvalue weighted by molar-refractivity contribution is 7.36. The summed E-state index contributed by atoms with van der Waals surface area (Å²) in [6.45, 7) is 3.25. The lowest BCUT2D eigenvalue weighted by atomic mass is 10.2. The van der Waals surface area contributed by atoms with Gasteiger partial charge in [-0.25, -0.2) is 0 Å². The molecule has 4 rings (SSSR count). The maximum absolute atomic E-state index is 3.26. The topological polar surface area (TPSA) is 54.6 Å². The molecular formula is C22H30N6S2. The average molecular weight is 443 g/mol. The van der Waals surface area contributed by atoms with Gasteiger partial charge in [-0.2, -0.15) is 0 Å². The van der Waals surface area contributed by atoms with Gasteiger partial charge < -0.3 is 31.1 Å². The molecule has 2 aromatic carbocycles. The van der Waals surface area contributed by atoms with Gasteiger partial charge in [-0.15, -0.1) is 22.7 Å². The second-order valence-electron chi connectivity index (χ2n) is 7.35. The van der Waals surface area contributed by atoms with Gasteiger partial charge in [0.15, 0.2) is 0 Å². The zero-order chi connectivity index (χ0) is 21.1. The van der Waals surface area contributed by atoms with Crippen LogP contribution in [0, 0.1) is 0 Å². The van der Waals surface area contributed by atoms with E-state index < -0.39 is 0 Å². The summed E-state index contributed by atoms with van der Waals surface area (Å²) in [5.74, 6) is 0. The van der Waals surface area contributed by atoms with Crippen LogP contribution in [0.15, 0.2) is 36.4 Å². The quantitative estimate of drug-likeness (QED) is 0.282. The number of nitrogens with zero attached hydrogens (tertiary/aromatic N) is 2. The van der Waals surface area contributed by atoms with E-state index in [0.29, 0.717) is 0 Å². The first-order valence-corrected chi connectivity index (χ1v) is 11.8. The Morgan fingerprint density at radius 3 is 1.30 bits per heavy atom. The Hall–Kier alpha value is -1.94. The van der Waals surface area contributed by atoms with Crippen molar-refractivity contribution in [1.29, 1.82) is 0 Å². The molecule has 4 N–H and O–H groups in total. The van der Waals surface area contributed by atoms with Gasteiger partial charge in [-0.3, -0.25) is 0 Å². The zero-order valence-corrected chi connectivity index (χ0v) is 19.6. The first-order valence-electron chi connectivity index (χ1n) is 10.2. The van der Waals surface area contributed by atoms with E-state index in [1.165, 1.54) is 40.9 Å². The van der Waals surface area contributed by atoms with Crippen LogP contribution in [0.1, 0.15) is 0 Å². The minimum Gasteiger partial charge on any atom is -0.346 e. The van der Waals surface area contributed by atoms with Crippen molar-refractivity contribution in [2.24, 2.45) is 0 Å². The van der Waals surface area contributed by atoms with E-state index in [9.17, 15) is 0 Å². The SMILES string of the molecule is CNCN(CNC)c1ccc2c(c1)sc1c3ccc(N(CNC)CNC)cc3sc21. The van der Waals surface area contributed by atoms with Crippen LogP contribution in [0.2, 0.25) is 0 Å². The van der Waals surface area contributed by atoms with E-state index in [1.807, 2.05) is 50.9 Å². The summed E-state index contributed by atoms with van der Waals surface area (Å²) >= 11 is 3.81. The fourth-order valence-electron chi connectivity index (χ4n) is 3.87. The molecule has 2 aromatic heterocycles. The highest BCUT2D eigenvalue weighted by Crippen LogP contribution is 2.45. The molecule has 4 aromatic rings. The number of anilines is 2. The molecule has 0 fully saturated rings. The molecule has 0 atom stereocenters. The van der Waals surface area contributed by atoms with E-state index in [-0.39, 0.29) is 0 Å². The third-order valence-corrected chi connectivity index (χ3v) is 7.68. The van der Waals surface area contributed by atoms with Gasteiger partial charge in [0.2, 0.25) is 0 Å². The smallest absolute Gasteiger partial charge is 0.0692 e. The first-order chi connectivity index (χ1) is 14.7. The average Bonchev–Trinajstić information content (AvgIpc) is 3.28. The van der Waals surface area contributed by atoms with Gasteiger partial charge in [0.1, 0.15) is 0 Å². The Labute approximate surface area is 185 Å². The van der Waals surface area contributed by atoms with Crippen LogP contribution in [0.5, 0.6) is 0 Å². The van der Waals surface area contributed by atoms with Crippen molar-refractivity contribution in [2.45, 2.75) is 0 Å². The van der Waals surface area contributed by atoms with Crippen LogP contribution in [0.4, 0.5) is 11.4 Å². The number of hydrogen-bond acceptors (Lipinski definition) is 8. The van der Waals surface area contributed by atoms with E-state index in [2.05, 4.69) is 67.5 Å². The third-order valence-electron chi connectivity index (χ3n) is 5.18. The molecule has 2 heterocycles. The van der Waals surface area contributed by atoms with Crippen molar-refractivity contribution in [3.05, 3.63) is 36.4 Å². The van der Waals surface area contributed by atoms with Crippen LogP contribution in [-0.2, 0) is 0 Å². The minimum absolute atomic E-state index is 0.813. The van der Waals surface area contributed by atoms with Crippen LogP contribution in [0.25, 0.3) is 29.6 Å². The lowest BCUT2D eigenvalue weighted by molar-refractivity contribution is 0.669. The van der Waals surface area contributed by atoms with Crippen molar-refractivity contribution in [3.63, 3.8) is 0 Å². The van der Waals surface area contributed by atoms with Gasteiger partial charge in [0, 0.05) is 31.5 Å². The number of benzene rings is 2. The highest BCUT2D eigenvalue weighted by atomic mass is 32.1. The summed E-state index contributed by atoms with van der Waals surface area (Å²) in [4.78, 5) is 4.60. The molecule has 0 unspecified atom stereocenters. The number of nitrogens with one attached hydrogen (secondary N) is 4. The summed E-state index contributed by atoms with van der Waals surface area (Å²) in [6, 6.07) is 13.7. The van der Waals surface area contributed by atoms with E-state index in [0.717, 1.165) is 26.7 Å². The largest absolute Gasteiger partial charge is 0.346 e. The number of fused-ring (bicyclic) bond motifs is 5. The number of hydrogen-bond donors (Lipinski definition) is 4. The summed E-state index contributed by atoms with van der Waals surface area (Å²) in [6.07, 6.45) is 0. The highest BCUT2D eigenvalue weighted by Gasteiger charge is 2.15. The van der Waals surface area contributed by atoms with Crippen molar-refractivity contribution in [3.8, 4) is 0 Å². The first kappa shape index (κ1) is 21.3. The van der Waals surface area contributed by atoms with Crippen molar-refractivity contribution < 1.29 is 0 Å². The summed E-state index contributed by atoms with van der Waals surface area (Å²) in [5, 5.41) is 15.7. The van der Waals surface area contributed by atoms with Gasteiger partial charge in [0.25, 0.3) is 0 Å². The van der Waals surface area contributed by atoms with E-state index >= 15 is 0 Å². The molecule has 0 aliphatic heterocycles. The van der Waals surface area contributed by atoms with Crippen molar-refractivity contribution in [1.82, 2.24) is 21.3 Å². The molecule has 0 bridgehead atoms. The Balaban J connectivity index is 1.75. The molecule has 30 heavy (non-hydrogen) atoms. The molecule has 0 saturated carbocycles. The zero-order valence-electron chi connectivity index (χ0n) is 18.0. The third kappa shape index (κ3) is 3.99. The van der Waals surface area contributed by atoms with Crippen LogP contribution < -0.4 is 31.1 Å². The fraction of sp³-hybridized carbons (Fsp3) is 0.364. The predicted molar refractivity (Wildman–Crippen MR) is 135 cm³/mol. The maximum atomic E-state index is 3.26. The van der Waals surface area contributed by atoms with E-state index in [4.69, 9.17) is 0 Å². The molecule has 0 amide bonds. The molecule has 0 saturated heterocycles. The fourth-order valence-corrected chi connectivity index (χ4v) is 6.59. The summed E-state index contributed by atoms with van der Waals surface area (Å²) < 4.78 is 5.50. The Morgan fingerprint density at radius 1 is 0.600 bits per heavy atom. The molecule has 6 nitrogen and oxygen atoms in total. The van der Waals surface area contributed by atoms with Gasteiger partial charge in [-0.1, -0.05) is 12.1 Å². The van der Waals surface area contributed by atoms with Crippen molar-refractivity contribution in [2.75, 3.05) is 64.7 Å². The van der Waals surface area contributed by atoms with Gasteiger partial charge >= 0.3 is 0 Å². The Bertz CT molecular complexity index is 1030. The number of rotatable bonds is 10. The van der Waals surface area contributed by atoms with Gasteiger partial charge in [0.05, 0.1) is 36.1 Å². The van der Waals surface area contributed by atoms with E-state index in [1.54, 1.807) is 0 Å². The minimum atomic E-state index is 0.813. The van der Waals surface area contributed by atoms with Crippen LogP contribution in [-0.4, -0.2) is 54.9 Å². The molecule has 8 heteroatoms. The lowest BCUT2D eigenvalue weighted by Crippen LogP contribution is -2.38. The Kier molecular flexibility index (Phi) is 6.72. The van der Waals surface area contributed by atoms with Gasteiger partial charge in [-0.05, 0) is 52.5 Å². The number of thiophene rings is 2. The molecule has 0 aliphatic rings. The molecule has 0 aliphatic carbocycles. The molecule has 160 valence electrons. The molecular weight excluding hydrogens is 412 g/mol. The van der Waals surface area contributed by atoms with Crippen molar-refractivity contribution >= 4 is 63.6 Å². The standard InChI is InChI=1S/C22H30N6S2/c1-23-11-27(12-24-2)15-5-7-17-19(9-15)29-22-18-8-6-16(10-20(18)30-21(17)22)28(13-25-3)14-26-4/h5-10,23-26H,11-14H2,1-4H3. The summed E-state index contributed by atoms with van der Waals surface area (Å²) in [7, 11) is 7.93. The second-order valence-corrected chi connectivity index (χ2v) is 9.45.